The summed E-state index contributed by atoms with van der Waals surface area (Å²) in [4.78, 5) is 11.3. The van der Waals surface area contributed by atoms with Crippen molar-refractivity contribution in [2.45, 2.75) is 11.7 Å². The number of hydrogen-bond acceptors (Lipinski definition) is 3. The van der Waals surface area contributed by atoms with Gasteiger partial charge < -0.3 is 0 Å². The molecule has 0 atom stereocenters. The van der Waals surface area contributed by atoms with E-state index in [1.165, 1.54) is 12.1 Å². The molecule has 3 nitrogen and oxygen atoms in total. The zero-order valence-corrected chi connectivity index (χ0v) is 10.5. The third kappa shape index (κ3) is 3.01. The molecule has 0 heterocycles. The monoisotopic (exact) mass is 274 g/mol. The number of rotatable bonds is 5. The summed E-state index contributed by atoms with van der Waals surface area (Å²) in [6.45, 7) is 3.53. The molecule has 98 valence electrons. The van der Waals surface area contributed by atoms with E-state index in [2.05, 4.69) is 6.58 Å². The van der Waals surface area contributed by atoms with Crippen LogP contribution < -0.4 is 0 Å². The molecule has 0 N–H and O–H groups in total. The Morgan fingerprint density at radius 1 is 1.33 bits per heavy atom. The number of carbonyl (C=O) groups excluding carboxylic acids is 1. The Kier molecular flexibility index (Phi) is 4.01. The van der Waals surface area contributed by atoms with Crippen LogP contribution in [-0.2, 0) is 21.1 Å². The number of sulfone groups is 1. The van der Waals surface area contributed by atoms with Gasteiger partial charge in [0.15, 0.2) is 0 Å². The number of alkyl halides is 2. The van der Waals surface area contributed by atoms with E-state index in [1.54, 1.807) is 18.2 Å². The molecule has 0 aromatic heterocycles. The summed E-state index contributed by atoms with van der Waals surface area (Å²) in [6.07, 6.45) is 1.28. The van der Waals surface area contributed by atoms with Gasteiger partial charge in [-0.25, -0.2) is 8.42 Å². The molecule has 0 fully saturated rings. The highest BCUT2D eigenvalue weighted by atomic mass is 32.2. The summed E-state index contributed by atoms with van der Waals surface area (Å²) in [6, 6.07) is 6.17. The van der Waals surface area contributed by atoms with Crippen LogP contribution in [0.2, 0.25) is 0 Å². The fraction of sp³-hybridized carbons (Fsp3) is 0.250. The lowest BCUT2D eigenvalue weighted by Crippen LogP contribution is -2.38. The zero-order valence-electron chi connectivity index (χ0n) is 9.69. The van der Waals surface area contributed by atoms with Crippen LogP contribution in [0, 0.1) is 0 Å². The molecular formula is C12H12F2O3S. The minimum Gasteiger partial charge on any atom is -0.291 e. The van der Waals surface area contributed by atoms with Gasteiger partial charge in [-0.15, -0.1) is 0 Å². The molecule has 6 heteroatoms. The first-order valence-corrected chi connectivity index (χ1v) is 6.89. The molecule has 18 heavy (non-hydrogen) atoms. The van der Waals surface area contributed by atoms with Gasteiger partial charge in [-0.2, -0.15) is 8.78 Å². The predicted molar refractivity (Wildman–Crippen MR) is 65.0 cm³/mol. The van der Waals surface area contributed by atoms with Crippen molar-refractivity contribution in [3.63, 3.8) is 0 Å². The number of carbonyl (C=O) groups is 1. The third-order valence-corrected chi connectivity index (χ3v) is 3.53. The molecule has 0 saturated heterocycles. The van der Waals surface area contributed by atoms with Crippen LogP contribution >= 0.6 is 0 Å². The highest BCUT2D eigenvalue weighted by Crippen LogP contribution is 2.23. The molecule has 1 aromatic carbocycles. The molecule has 0 saturated carbocycles. The van der Waals surface area contributed by atoms with Gasteiger partial charge in [-0.1, -0.05) is 36.9 Å². The van der Waals surface area contributed by atoms with Gasteiger partial charge in [0.05, 0.1) is 0 Å². The largest absolute Gasteiger partial charge is 0.402 e. The maximum atomic E-state index is 13.2. The number of ketones is 1. The van der Waals surface area contributed by atoms with Crippen molar-refractivity contribution >= 4 is 21.7 Å². The van der Waals surface area contributed by atoms with E-state index in [1.807, 2.05) is 0 Å². The maximum Gasteiger partial charge on any atom is 0.402 e. The second-order valence-electron chi connectivity index (χ2n) is 3.83. The fourth-order valence-corrected chi connectivity index (χ4v) is 1.75. The van der Waals surface area contributed by atoms with E-state index in [0.717, 1.165) is 5.56 Å². The summed E-state index contributed by atoms with van der Waals surface area (Å²) < 4.78 is 48.0. The van der Waals surface area contributed by atoms with Crippen molar-refractivity contribution in [1.29, 1.82) is 0 Å². The molecule has 0 spiro atoms. The molecule has 0 aliphatic rings. The zero-order chi connectivity index (χ0) is 14.0. The van der Waals surface area contributed by atoms with Gasteiger partial charge in [0.2, 0.25) is 15.6 Å². The molecule has 0 aliphatic carbocycles. The number of Topliss-reactive ketones (excluding diaryl/α,β-unsaturated/α-hetero) is 1. The average molecular weight is 274 g/mol. The van der Waals surface area contributed by atoms with Crippen molar-refractivity contribution in [2.75, 3.05) is 6.26 Å². The topological polar surface area (TPSA) is 51.2 Å². The highest BCUT2D eigenvalue weighted by molar-refractivity contribution is 7.92. The van der Waals surface area contributed by atoms with E-state index in [4.69, 9.17) is 0 Å². The Balaban J connectivity index is 2.91. The quantitative estimate of drug-likeness (QED) is 0.826. The molecule has 0 radical (unpaired) electrons. The van der Waals surface area contributed by atoms with E-state index in [-0.39, 0.29) is 0 Å². The third-order valence-electron chi connectivity index (χ3n) is 2.37. The molecule has 1 rings (SSSR count). The second-order valence-corrected chi connectivity index (χ2v) is 5.89. The van der Waals surface area contributed by atoms with Gasteiger partial charge in [0.25, 0.3) is 0 Å². The van der Waals surface area contributed by atoms with E-state index in [0.29, 0.717) is 11.8 Å². The molecule has 0 bridgehead atoms. The van der Waals surface area contributed by atoms with Crippen LogP contribution in [0.4, 0.5) is 8.78 Å². The molecule has 0 aliphatic heterocycles. The Bertz CT molecular complexity index is 559. The number of hydrogen-bond donors (Lipinski definition) is 0. The summed E-state index contributed by atoms with van der Waals surface area (Å²) in [5, 5.41) is -4.34. The fourth-order valence-electron chi connectivity index (χ4n) is 1.27. The Morgan fingerprint density at radius 3 is 2.22 bits per heavy atom. The summed E-state index contributed by atoms with van der Waals surface area (Å²) >= 11 is 0. The van der Waals surface area contributed by atoms with Crippen LogP contribution in [0.1, 0.15) is 11.1 Å². The molecule has 1 aromatic rings. The van der Waals surface area contributed by atoms with Gasteiger partial charge in [-0.05, 0) is 11.1 Å². The molecule has 0 amide bonds. The van der Waals surface area contributed by atoms with Crippen LogP contribution in [0.15, 0.2) is 30.8 Å². The van der Waals surface area contributed by atoms with E-state index >= 15 is 0 Å². The van der Waals surface area contributed by atoms with Crippen LogP contribution in [0.3, 0.4) is 0 Å². The predicted octanol–water partition coefficient (Wildman–Crippen LogP) is 2.08. The van der Waals surface area contributed by atoms with Gasteiger partial charge in [-0.3, -0.25) is 4.79 Å². The minimum absolute atomic E-state index is 0.328. The maximum absolute atomic E-state index is 13.2. The Morgan fingerprint density at radius 2 is 1.83 bits per heavy atom. The number of benzene rings is 1. The SMILES string of the molecule is C=Cc1ccc(CC(=O)C(F)(F)S(C)(=O)=O)cc1. The lowest BCUT2D eigenvalue weighted by atomic mass is 10.1. The van der Waals surface area contributed by atoms with Gasteiger partial charge in [0.1, 0.15) is 0 Å². The first-order chi connectivity index (χ1) is 8.18. The first-order valence-electron chi connectivity index (χ1n) is 5.00. The smallest absolute Gasteiger partial charge is 0.291 e. The summed E-state index contributed by atoms with van der Waals surface area (Å²) in [5.41, 5.74) is 1.11. The minimum atomic E-state index is -4.73. The summed E-state index contributed by atoms with van der Waals surface area (Å²) in [5.74, 6) is -1.63. The Labute approximate surface area is 104 Å². The standard InChI is InChI=1S/C12H12F2O3S/c1-3-9-4-6-10(7-5-9)8-11(15)12(13,14)18(2,16)17/h3-7H,1,8H2,2H3. The summed E-state index contributed by atoms with van der Waals surface area (Å²) in [7, 11) is -4.73. The molecular weight excluding hydrogens is 262 g/mol. The van der Waals surface area contributed by atoms with Crippen LogP contribution in [0.5, 0.6) is 0 Å². The van der Waals surface area contributed by atoms with Gasteiger partial charge >= 0.3 is 5.25 Å². The van der Waals surface area contributed by atoms with Crippen molar-refractivity contribution in [1.82, 2.24) is 0 Å². The highest BCUT2D eigenvalue weighted by Gasteiger charge is 2.48. The first kappa shape index (κ1) is 14.5. The number of halogens is 2. The van der Waals surface area contributed by atoms with Crippen molar-refractivity contribution in [2.24, 2.45) is 0 Å². The van der Waals surface area contributed by atoms with Crippen LogP contribution in [0.25, 0.3) is 6.08 Å². The van der Waals surface area contributed by atoms with Crippen molar-refractivity contribution in [3.05, 3.63) is 42.0 Å². The molecule has 0 unspecified atom stereocenters. The van der Waals surface area contributed by atoms with E-state index < -0.39 is 27.3 Å². The van der Waals surface area contributed by atoms with Crippen LogP contribution in [-0.4, -0.2) is 25.7 Å². The van der Waals surface area contributed by atoms with E-state index in [9.17, 15) is 22.0 Å². The lowest BCUT2D eigenvalue weighted by molar-refractivity contribution is -0.132. The second kappa shape index (κ2) is 4.97. The Hall–Kier alpha value is -1.56. The normalized spacial score (nSPS) is 12.2. The van der Waals surface area contributed by atoms with Crippen molar-refractivity contribution in [3.8, 4) is 0 Å². The lowest BCUT2D eigenvalue weighted by Gasteiger charge is -2.12. The average Bonchev–Trinajstić information content (AvgIpc) is 2.28. The van der Waals surface area contributed by atoms with Crippen molar-refractivity contribution < 1.29 is 22.0 Å². The van der Waals surface area contributed by atoms with Gasteiger partial charge in [0, 0.05) is 12.7 Å².